The highest BCUT2D eigenvalue weighted by Gasteiger charge is 2.20. The van der Waals surface area contributed by atoms with Crippen molar-refractivity contribution in [1.29, 1.82) is 0 Å². The van der Waals surface area contributed by atoms with Crippen LogP contribution in [-0.4, -0.2) is 21.6 Å². The van der Waals surface area contributed by atoms with E-state index in [0.29, 0.717) is 27.1 Å². The maximum atomic E-state index is 13.1. The smallest absolute Gasteiger partial charge is 0.312 e. The Labute approximate surface area is 260 Å². The number of aryl methyl sites for hydroxylation is 2. The number of nitro benzene ring substituents is 1. The zero-order valence-electron chi connectivity index (χ0n) is 23.6. The van der Waals surface area contributed by atoms with E-state index >= 15 is 0 Å². The summed E-state index contributed by atoms with van der Waals surface area (Å²) in [6.45, 7) is 4.21. The molecule has 5 aromatic rings. The number of hydrogen-bond acceptors (Lipinski definition) is 7. The molecule has 1 amide bonds. The molecule has 10 nitrogen and oxygen atoms in total. The van der Waals surface area contributed by atoms with E-state index in [1.54, 1.807) is 12.1 Å². The number of nitro groups is 1. The number of halogens is 2. The van der Waals surface area contributed by atoms with E-state index in [1.165, 1.54) is 42.6 Å². The van der Waals surface area contributed by atoms with Crippen LogP contribution in [0.5, 0.6) is 11.5 Å². The molecule has 44 heavy (non-hydrogen) atoms. The molecule has 0 aliphatic heterocycles. The van der Waals surface area contributed by atoms with Crippen molar-refractivity contribution in [3.63, 3.8) is 0 Å². The molecule has 224 valence electrons. The summed E-state index contributed by atoms with van der Waals surface area (Å²) in [6, 6.07) is 23.3. The van der Waals surface area contributed by atoms with Gasteiger partial charge < -0.3 is 18.5 Å². The molecular formula is C32H26BrFN4O6. The SMILES string of the molecule is Cc1ccc(C)n1-c1ccc(OCc2ccc(C(=O)N/N=C/c3cc(Br)c(OCc4ccc(F)cc4)c([N+](=O)[O-])c3)o2)cc1. The summed E-state index contributed by atoms with van der Waals surface area (Å²) in [5.41, 5.74) is 6.31. The largest absolute Gasteiger partial charge is 0.486 e. The Kier molecular flexibility index (Phi) is 9.20. The summed E-state index contributed by atoms with van der Waals surface area (Å²) in [5.74, 6) is 0.113. The van der Waals surface area contributed by atoms with Crippen molar-refractivity contribution in [1.82, 2.24) is 9.99 Å². The number of nitrogens with one attached hydrogen (secondary N) is 1. The molecule has 0 atom stereocenters. The summed E-state index contributed by atoms with van der Waals surface area (Å²) in [5, 5.41) is 15.6. The minimum atomic E-state index is -0.609. The predicted molar refractivity (Wildman–Crippen MR) is 165 cm³/mol. The van der Waals surface area contributed by atoms with E-state index in [4.69, 9.17) is 13.9 Å². The van der Waals surface area contributed by atoms with E-state index in [2.05, 4.69) is 43.2 Å². The Hall–Kier alpha value is -5.23. The Morgan fingerprint density at radius 2 is 1.70 bits per heavy atom. The van der Waals surface area contributed by atoms with E-state index in [1.807, 2.05) is 38.1 Å². The lowest BCUT2D eigenvalue weighted by atomic mass is 10.2. The van der Waals surface area contributed by atoms with E-state index < -0.39 is 16.6 Å². The van der Waals surface area contributed by atoms with Crippen LogP contribution >= 0.6 is 15.9 Å². The first-order valence-corrected chi connectivity index (χ1v) is 14.1. The van der Waals surface area contributed by atoms with Gasteiger partial charge in [-0.3, -0.25) is 14.9 Å². The van der Waals surface area contributed by atoms with E-state index in [9.17, 15) is 19.3 Å². The van der Waals surface area contributed by atoms with Crippen molar-refractivity contribution in [2.24, 2.45) is 5.10 Å². The molecule has 12 heteroatoms. The van der Waals surface area contributed by atoms with Gasteiger partial charge in [0.25, 0.3) is 0 Å². The Morgan fingerprint density at radius 1 is 1.00 bits per heavy atom. The molecule has 0 aliphatic carbocycles. The number of furan rings is 1. The number of nitrogens with zero attached hydrogens (tertiary/aromatic N) is 3. The summed E-state index contributed by atoms with van der Waals surface area (Å²) in [6.07, 6.45) is 1.26. The van der Waals surface area contributed by atoms with E-state index in [-0.39, 0.29) is 30.4 Å². The lowest BCUT2D eigenvalue weighted by Crippen LogP contribution is -2.16. The zero-order chi connectivity index (χ0) is 31.2. The summed E-state index contributed by atoms with van der Waals surface area (Å²) in [7, 11) is 0. The van der Waals surface area contributed by atoms with Crippen LogP contribution in [-0.2, 0) is 13.2 Å². The van der Waals surface area contributed by atoms with Gasteiger partial charge >= 0.3 is 11.6 Å². The number of amides is 1. The van der Waals surface area contributed by atoms with Crippen LogP contribution in [0.2, 0.25) is 0 Å². The second kappa shape index (κ2) is 13.4. The maximum absolute atomic E-state index is 13.1. The first-order valence-electron chi connectivity index (χ1n) is 13.3. The van der Waals surface area contributed by atoms with Crippen LogP contribution < -0.4 is 14.9 Å². The quantitative estimate of drug-likeness (QED) is 0.0894. The highest BCUT2D eigenvalue weighted by atomic mass is 79.9. The van der Waals surface area contributed by atoms with Crippen molar-refractivity contribution < 1.29 is 28.0 Å². The lowest BCUT2D eigenvalue weighted by molar-refractivity contribution is -0.386. The van der Waals surface area contributed by atoms with Gasteiger partial charge in [-0.1, -0.05) is 12.1 Å². The van der Waals surface area contributed by atoms with Crippen molar-refractivity contribution in [2.45, 2.75) is 27.1 Å². The fourth-order valence-corrected chi connectivity index (χ4v) is 4.99. The zero-order valence-corrected chi connectivity index (χ0v) is 25.2. The van der Waals surface area contributed by atoms with Crippen molar-refractivity contribution in [2.75, 3.05) is 0 Å². The average molecular weight is 661 g/mol. The van der Waals surface area contributed by atoms with Gasteiger partial charge in [0.2, 0.25) is 5.75 Å². The number of ether oxygens (including phenoxy) is 2. The van der Waals surface area contributed by atoms with Crippen LogP contribution in [0.1, 0.15) is 38.8 Å². The standard InChI is InChI=1S/C32H26BrFN4O6/c1-20-3-4-21(2)37(20)25-9-11-26(12-10-25)42-19-27-13-14-30(44-27)32(39)36-35-17-23-15-28(33)31(29(16-23)38(40)41)43-18-22-5-7-24(34)8-6-22/h3-17H,18-19H2,1-2H3,(H,36,39)/b35-17+. The molecular weight excluding hydrogens is 635 g/mol. The van der Waals surface area contributed by atoms with Crippen molar-refractivity contribution in [3.05, 3.63) is 139 Å². The molecule has 0 spiro atoms. The number of rotatable bonds is 11. The van der Waals surface area contributed by atoms with Crippen molar-refractivity contribution in [3.8, 4) is 17.2 Å². The Bertz CT molecular complexity index is 1810. The highest BCUT2D eigenvalue weighted by molar-refractivity contribution is 9.10. The van der Waals surface area contributed by atoms with Crippen LogP contribution in [0.3, 0.4) is 0 Å². The Balaban J connectivity index is 1.16. The minimum Gasteiger partial charge on any atom is -0.486 e. The summed E-state index contributed by atoms with van der Waals surface area (Å²) < 4.78 is 32.6. The van der Waals surface area contributed by atoms with Crippen LogP contribution in [0.15, 0.2) is 98.9 Å². The fraction of sp³-hybridized carbons (Fsp3) is 0.125. The van der Waals surface area contributed by atoms with Crippen LogP contribution in [0, 0.1) is 29.8 Å². The molecule has 2 aromatic heterocycles. The molecule has 0 aliphatic rings. The van der Waals surface area contributed by atoms with Gasteiger partial charge in [0.05, 0.1) is 15.6 Å². The molecule has 3 aromatic carbocycles. The third-order valence-corrected chi connectivity index (χ3v) is 7.14. The fourth-order valence-electron chi connectivity index (χ4n) is 4.41. The molecule has 0 radical (unpaired) electrons. The minimum absolute atomic E-state index is 0.000515. The number of aromatic nitrogens is 1. The Morgan fingerprint density at radius 3 is 2.39 bits per heavy atom. The summed E-state index contributed by atoms with van der Waals surface area (Å²) >= 11 is 3.29. The van der Waals surface area contributed by atoms with E-state index in [0.717, 1.165) is 17.1 Å². The first kappa shape index (κ1) is 30.2. The van der Waals surface area contributed by atoms with Gasteiger partial charge in [-0.25, -0.2) is 9.82 Å². The van der Waals surface area contributed by atoms with Gasteiger partial charge in [-0.15, -0.1) is 0 Å². The van der Waals surface area contributed by atoms with Gasteiger partial charge in [-0.05, 0) is 102 Å². The number of hydrogen-bond donors (Lipinski definition) is 1. The molecule has 2 heterocycles. The lowest BCUT2D eigenvalue weighted by Gasteiger charge is -2.10. The first-order chi connectivity index (χ1) is 21.2. The van der Waals surface area contributed by atoms with Gasteiger partial charge in [-0.2, -0.15) is 5.10 Å². The molecule has 0 saturated heterocycles. The number of benzene rings is 3. The highest BCUT2D eigenvalue weighted by Crippen LogP contribution is 2.36. The number of carbonyl (C=O) groups is 1. The summed E-state index contributed by atoms with van der Waals surface area (Å²) in [4.78, 5) is 23.7. The number of hydrazone groups is 1. The van der Waals surface area contributed by atoms with Gasteiger partial charge in [0.1, 0.15) is 30.5 Å². The van der Waals surface area contributed by atoms with Crippen LogP contribution in [0.4, 0.5) is 10.1 Å². The third-order valence-electron chi connectivity index (χ3n) is 6.55. The second-order valence-corrected chi connectivity index (χ2v) is 10.6. The molecule has 0 fully saturated rings. The van der Waals surface area contributed by atoms with Crippen LogP contribution in [0.25, 0.3) is 5.69 Å². The topological polar surface area (TPSA) is 121 Å². The second-order valence-electron chi connectivity index (χ2n) is 9.72. The monoisotopic (exact) mass is 660 g/mol. The molecule has 0 unspecified atom stereocenters. The number of carbonyl (C=O) groups excluding carboxylic acids is 1. The molecule has 0 bridgehead atoms. The third kappa shape index (κ3) is 7.21. The molecule has 5 rings (SSSR count). The molecule has 1 N–H and O–H groups in total. The average Bonchev–Trinajstić information content (AvgIpc) is 3.62. The van der Waals surface area contributed by atoms with Gasteiger partial charge in [0, 0.05) is 28.7 Å². The molecule has 0 saturated carbocycles. The maximum Gasteiger partial charge on any atom is 0.312 e. The van der Waals surface area contributed by atoms with Gasteiger partial charge in [0.15, 0.2) is 5.76 Å². The normalized spacial score (nSPS) is 11.1. The predicted octanol–water partition coefficient (Wildman–Crippen LogP) is 7.42. The van der Waals surface area contributed by atoms with Crippen molar-refractivity contribution >= 4 is 33.7 Å².